The van der Waals surface area contributed by atoms with Crippen molar-refractivity contribution in [1.82, 2.24) is 13.9 Å². The topological polar surface area (TPSA) is 69.2 Å². The van der Waals surface area contributed by atoms with Crippen LogP contribution >= 0.6 is 0 Å². The fourth-order valence-corrected chi connectivity index (χ4v) is 4.66. The number of fused-ring (bicyclic) bond motifs is 4. The van der Waals surface area contributed by atoms with Crippen molar-refractivity contribution in [3.8, 4) is 5.69 Å². The summed E-state index contributed by atoms with van der Waals surface area (Å²) in [6, 6.07) is 5.47. The van der Waals surface area contributed by atoms with Gasteiger partial charge in [-0.15, -0.1) is 0 Å². The first kappa shape index (κ1) is 15.0. The van der Waals surface area contributed by atoms with E-state index in [2.05, 4.69) is 0 Å². The molecule has 0 radical (unpaired) electrons. The van der Waals surface area contributed by atoms with Gasteiger partial charge in [0.1, 0.15) is 6.04 Å². The summed E-state index contributed by atoms with van der Waals surface area (Å²) in [5.41, 5.74) is 3.58. The number of rotatable bonds is 1. The summed E-state index contributed by atoms with van der Waals surface area (Å²) in [6.07, 6.45) is 7.05. The molecule has 3 aliphatic rings. The predicted octanol–water partition coefficient (Wildman–Crippen LogP) is 1.32. The van der Waals surface area contributed by atoms with Crippen molar-refractivity contribution >= 4 is 0 Å². The van der Waals surface area contributed by atoms with Gasteiger partial charge in [0.15, 0.2) is 0 Å². The Balaban J connectivity index is 1.70. The number of aliphatic hydroxyl groups is 1. The lowest BCUT2D eigenvalue weighted by Gasteiger charge is -2.34. The molecule has 0 amide bonds. The molecular formula is C19H21N3O3. The molecule has 1 saturated carbocycles. The highest BCUT2D eigenvalue weighted by molar-refractivity contribution is 5.42. The molecule has 1 aromatic carbocycles. The summed E-state index contributed by atoms with van der Waals surface area (Å²) >= 11 is 0. The number of hydrogen-bond donors (Lipinski definition) is 1. The summed E-state index contributed by atoms with van der Waals surface area (Å²) in [7, 11) is 0. The third-order valence-electron chi connectivity index (χ3n) is 5.90. The Morgan fingerprint density at radius 2 is 1.84 bits per heavy atom. The molecule has 1 aliphatic heterocycles. The lowest BCUT2D eigenvalue weighted by molar-refractivity contribution is 0.0834. The fraction of sp³-hybridized carbons (Fsp3) is 0.474. The van der Waals surface area contributed by atoms with Gasteiger partial charge in [0.2, 0.25) is 0 Å². The van der Waals surface area contributed by atoms with Crippen molar-refractivity contribution in [3.63, 3.8) is 0 Å². The van der Waals surface area contributed by atoms with E-state index in [0.29, 0.717) is 18.7 Å². The van der Waals surface area contributed by atoms with Gasteiger partial charge in [0.25, 0.3) is 0 Å². The van der Waals surface area contributed by atoms with E-state index in [0.717, 1.165) is 37.7 Å². The molecular weight excluding hydrogens is 318 g/mol. The number of nitrogens with zero attached hydrogens (tertiary/aromatic N) is 3. The predicted molar refractivity (Wildman–Crippen MR) is 93.3 cm³/mol. The van der Waals surface area contributed by atoms with Gasteiger partial charge in [-0.1, -0.05) is 12.1 Å². The maximum atomic E-state index is 13.1. The van der Waals surface area contributed by atoms with Gasteiger partial charge in [-0.2, -0.15) is 0 Å². The van der Waals surface area contributed by atoms with Crippen LogP contribution in [0.4, 0.5) is 0 Å². The summed E-state index contributed by atoms with van der Waals surface area (Å²) in [6.45, 7) is 0.393. The van der Waals surface area contributed by atoms with Crippen LogP contribution in [-0.4, -0.2) is 25.1 Å². The first-order valence-electron chi connectivity index (χ1n) is 9.08. The maximum Gasteiger partial charge on any atom is 0.352 e. The van der Waals surface area contributed by atoms with Gasteiger partial charge in [0, 0.05) is 0 Å². The Labute approximate surface area is 144 Å². The Hall–Kier alpha value is -2.34. The minimum absolute atomic E-state index is 0.323. The molecule has 6 heteroatoms. The highest BCUT2D eigenvalue weighted by Gasteiger charge is 2.36. The number of hydrogen-bond acceptors (Lipinski definition) is 3. The summed E-state index contributed by atoms with van der Waals surface area (Å²) < 4.78 is 4.21. The number of allylic oxidation sites excluding steroid dienone is 1. The molecule has 2 aromatic rings. The number of aryl methyl sites for hydroxylation is 2. The molecule has 2 aliphatic carbocycles. The second-order valence-electron chi connectivity index (χ2n) is 7.32. The van der Waals surface area contributed by atoms with Crippen molar-refractivity contribution in [2.45, 2.75) is 57.2 Å². The van der Waals surface area contributed by atoms with Crippen LogP contribution in [0.25, 0.3) is 5.69 Å². The van der Waals surface area contributed by atoms with Crippen LogP contribution in [0.2, 0.25) is 0 Å². The van der Waals surface area contributed by atoms with E-state index >= 15 is 0 Å². The molecule has 6 nitrogen and oxygen atoms in total. The highest BCUT2D eigenvalue weighted by atomic mass is 16.3. The van der Waals surface area contributed by atoms with Crippen molar-refractivity contribution in [2.24, 2.45) is 0 Å². The largest absolute Gasteiger partial charge is 0.391 e. The average Bonchev–Trinajstić information content (AvgIpc) is 3.17. The average molecular weight is 339 g/mol. The Morgan fingerprint density at radius 3 is 2.72 bits per heavy atom. The van der Waals surface area contributed by atoms with Crippen molar-refractivity contribution in [1.29, 1.82) is 0 Å². The zero-order chi connectivity index (χ0) is 17.1. The van der Waals surface area contributed by atoms with Gasteiger partial charge < -0.3 is 5.11 Å². The van der Waals surface area contributed by atoms with E-state index in [1.165, 1.54) is 25.1 Å². The molecule has 2 atom stereocenters. The van der Waals surface area contributed by atoms with Crippen LogP contribution in [0.3, 0.4) is 0 Å². The molecule has 1 N–H and O–H groups in total. The SMILES string of the molecule is O=c1n(-c2ccc3c(c2)CCC3)c(=O)n2n1CC=C1CCC[C@@H](O)[C@@H]12. The Kier molecular flexibility index (Phi) is 3.19. The zero-order valence-electron chi connectivity index (χ0n) is 14.0. The molecule has 25 heavy (non-hydrogen) atoms. The zero-order valence-corrected chi connectivity index (χ0v) is 14.0. The Bertz CT molecular complexity index is 1010. The lowest BCUT2D eigenvalue weighted by atomic mass is 9.86. The molecule has 130 valence electrons. The molecule has 5 rings (SSSR count). The minimum Gasteiger partial charge on any atom is -0.391 e. The summed E-state index contributed by atoms with van der Waals surface area (Å²) in [4.78, 5) is 26.0. The lowest BCUT2D eigenvalue weighted by Crippen LogP contribution is -2.42. The quantitative estimate of drug-likeness (QED) is 0.797. The molecule has 0 bridgehead atoms. The van der Waals surface area contributed by atoms with Crippen molar-refractivity contribution < 1.29 is 5.11 Å². The maximum absolute atomic E-state index is 13.1. The van der Waals surface area contributed by atoms with Gasteiger partial charge >= 0.3 is 11.4 Å². The van der Waals surface area contributed by atoms with Gasteiger partial charge in [-0.25, -0.2) is 23.5 Å². The second-order valence-corrected chi connectivity index (χ2v) is 7.32. The third-order valence-corrected chi connectivity index (χ3v) is 5.90. The van der Waals surface area contributed by atoms with Crippen LogP contribution in [0, 0.1) is 0 Å². The van der Waals surface area contributed by atoms with E-state index in [-0.39, 0.29) is 11.4 Å². The Morgan fingerprint density at radius 1 is 1.00 bits per heavy atom. The van der Waals surface area contributed by atoms with Crippen LogP contribution in [0.15, 0.2) is 39.4 Å². The molecule has 2 heterocycles. The second kappa shape index (κ2) is 5.33. The first-order valence-corrected chi connectivity index (χ1v) is 9.08. The molecule has 0 unspecified atom stereocenters. The first-order chi connectivity index (χ1) is 12.1. The smallest absolute Gasteiger partial charge is 0.352 e. The summed E-state index contributed by atoms with van der Waals surface area (Å²) in [5.74, 6) is 0. The molecule has 0 saturated heterocycles. The number of aliphatic hydroxyl groups excluding tert-OH is 1. The van der Waals surface area contributed by atoms with Crippen LogP contribution in [0.5, 0.6) is 0 Å². The van der Waals surface area contributed by atoms with Crippen LogP contribution in [-0.2, 0) is 19.4 Å². The van der Waals surface area contributed by atoms with E-state index in [1.54, 1.807) is 0 Å². The van der Waals surface area contributed by atoms with Crippen LogP contribution < -0.4 is 11.4 Å². The summed E-state index contributed by atoms with van der Waals surface area (Å²) in [5, 5.41) is 10.4. The molecule has 0 spiro atoms. The fourth-order valence-electron chi connectivity index (χ4n) is 4.66. The molecule has 1 fully saturated rings. The standard InChI is InChI=1S/C19H21N3O3/c23-16-6-2-4-13-9-10-20-18(24)21(19(25)22(20)17(13)16)15-8-7-12-3-1-5-14(12)11-15/h7-9,11,16-17,23H,1-6,10H2/t16-,17-/m1/s1. The number of aromatic nitrogens is 3. The number of benzene rings is 1. The third kappa shape index (κ3) is 2.07. The van der Waals surface area contributed by atoms with Gasteiger partial charge in [-0.05, 0) is 67.4 Å². The van der Waals surface area contributed by atoms with Crippen LogP contribution in [0.1, 0.15) is 42.9 Å². The highest BCUT2D eigenvalue weighted by Crippen LogP contribution is 2.34. The minimum atomic E-state index is -0.612. The normalized spacial score (nSPS) is 24.4. The van der Waals surface area contributed by atoms with Gasteiger partial charge in [0.05, 0.1) is 18.3 Å². The van der Waals surface area contributed by atoms with E-state index in [4.69, 9.17) is 0 Å². The van der Waals surface area contributed by atoms with E-state index in [1.807, 2.05) is 24.3 Å². The van der Waals surface area contributed by atoms with Crippen molar-refractivity contribution in [2.75, 3.05) is 0 Å². The monoisotopic (exact) mass is 339 g/mol. The van der Waals surface area contributed by atoms with Crippen molar-refractivity contribution in [3.05, 3.63) is 61.9 Å². The van der Waals surface area contributed by atoms with E-state index in [9.17, 15) is 14.7 Å². The van der Waals surface area contributed by atoms with Gasteiger partial charge in [-0.3, -0.25) is 0 Å². The molecule has 1 aromatic heterocycles. The van der Waals surface area contributed by atoms with E-state index < -0.39 is 12.1 Å².